The van der Waals surface area contributed by atoms with Gasteiger partial charge in [-0.05, 0) is 30.3 Å². The van der Waals surface area contributed by atoms with E-state index in [2.05, 4.69) is 29.8 Å². The summed E-state index contributed by atoms with van der Waals surface area (Å²) in [4.78, 5) is 1.70. The SMILES string of the molecule is CC(C)CC(C)(O)/C=C/Br. The van der Waals surface area contributed by atoms with E-state index in [1.54, 1.807) is 11.1 Å². The first-order valence-electron chi connectivity index (χ1n) is 3.48. The van der Waals surface area contributed by atoms with E-state index in [9.17, 15) is 5.11 Å². The van der Waals surface area contributed by atoms with Crippen LogP contribution in [0.1, 0.15) is 27.2 Å². The smallest absolute Gasteiger partial charge is 0.0810 e. The molecule has 1 nitrogen and oxygen atoms in total. The number of halogens is 1. The highest BCUT2D eigenvalue weighted by Crippen LogP contribution is 2.17. The Morgan fingerprint density at radius 3 is 2.40 bits per heavy atom. The second kappa shape index (κ2) is 4.14. The van der Waals surface area contributed by atoms with Crippen LogP contribution in [-0.2, 0) is 0 Å². The summed E-state index contributed by atoms with van der Waals surface area (Å²) in [5.41, 5.74) is -0.655. The summed E-state index contributed by atoms with van der Waals surface area (Å²) < 4.78 is 0. The second-order valence-corrected chi connectivity index (χ2v) is 3.78. The zero-order chi connectivity index (χ0) is 8.20. The third-order valence-corrected chi connectivity index (χ3v) is 1.51. The first-order valence-corrected chi connectivity index (χ1v) is 4.40. The van der Waals surface area contributed by atoms with Crippen LogP contribution < -0.4 is 0 Å². The fraction of sp³-hybridized carbons (Fsp3) is 0.750. The first-order chi connectivity index (χ1) is 4.48. The van der Waals surface area contributed by atoms with Gasteiger partial charge in [-0.25, -0.2) is 0 Å². The summed E-state index contributed by atoms with van der Waals surface area (Å²) in [5, 5.41) is 9.57. The zero-order valence-corrected chi connectivity index (χ0v) is 8.35. The molecule has 0 aromatic carbocycles. The van der Waals surface area contributed by atoms with Crippen molar-refractivity contribution in [3.63, 3.8) is 0 Å². The lowest BCUT2D eigenvalue weighted by Crippen LogP contribution is -2.22. The van der Waals surface area contributed by atoms with Gasteiger partial charge in [-0.3, -0.25) is 0 Å². The van der Waals surface area contributed by atoms with Crippen LogP contribution in [0.25, 0.3) is 0 Å². The summed E-state index contributed by atoms with van der Waals surface area (Å²) in [6.07, 6.45) is 2.56. The molecule has 0 aromatic heterocycles. The molecule has 10 heavy (non-hydrogen) atoms. The average Bonchev–Trinajstić information content (AvgIpc) is 1.59. The Morgan fingerprint density at radius 1 is 1.60 bits per heavy atom. The Morgan fingerprint density at radius 2 is 2.10 bits per heavy atom. The maximum absolute atomic E-state index is 9.57. The lowest BCUT2D eigenvalue weighted by atomic mass is 9.95. The van der Waals surface area contributed by atoms with E-state index in [1.165, 1.54) is 0 Å². The molecule has 60 valence electrons. The number of rotatable bonds is 3. The van der Waals surface area contributed by atoms with Gasteiger partial charge >= 0.3 is 0 Å². The van der Waals surface area contributed by atoms with Crippen LogP contribution in [0.2, 0.25) is 0 Å². The van der Waals surface area contributed by atoms with Gasteiger partial charge in [-0.1, -0.05) is 29.8 Å². The van der Waals surface area contributed by atoms with Crippen LogP contribution in [-0.4, -0.2) is 10.7 Å². The minimum Gasteiger partial charge on any atom is -0.386 e. The minimum atomic E-state index is -0.655. The molecule has 1 atom stereocenters. The molecule has 0 heterocycles. The number of aliphatic hydroxyl groups is 1. The highest BCUT2D eigenvalue weighted by molar-refractivity contribution is 9.11. The summed E-state index contributed by atoms with van der Waals surface area (Å²) in [6.45, 7) is 6.00. The predicted octanol–water partition coefficient (Wildman–Crippen LogP) is 2.69. The zero-order valence-electron chi connectivity index (χ0n) is 6.76. The van der Waals surface area contributed by atoms with E-state index in [0.717, 1.165) is 6.42 Å². The molecule has 0 spiro atoms. The van der Waals surface area contributed by atoms with Crippen molar-refractivity contribution < 1.29 is 5.11 Å². The Kier molecular flexibility index (Phi) is 4.22. The fourth-order valence-electron chi connectivity index (χ4n) is 1.03. The quantitative estimate of drug-likeness (QED) is 0.754. The largest absolute Gasteiger partial charge is 0.386 e. The number of hydrogen-bond acceptors (Lipinski definition) is 1. The van der Waals surface area contributed by atoms with Crippen molar-refractivity contribution in [3.8, 4) is 0 Å². The van der Waals surface area contributed by atoms with Crippen molar-refractivity contribution >= 4 is 15.9 Å². The van der Waals surface area contributed by atoms with Gasteiger partial charge in [0.05, 0.1) is 5.60 Å². The van der Waals surface area contributed by atoms with Crippen LogP contribution in [0.3, 0.4) is 0 Å². The van der Waals surface area contributed by atoms with Crippen molar-refractivity contribution in [1.29, 1.82) is 0 Å². The molecule has 0 aliphatic carbocycles. The molecule has 1 N–H and O–H groups in total. The van der Waals surface area contributed by atoms with Gasteiger partial charge in [-0.2, -0.15) is 0 Å². The molecule has 0 saturated heterocycles. The molecule has 0 rings (SSSR count). The lowest BCUT2D eigenvalue weighted by molar-refractivity contribution is 0.0879. The maximum Gasteiger partial charge on any atom is 0.0810 e. The monoisotopic (exact) mass is 206 g/mol. The molecule has 1 unspecified atom stereocenters. The molecule has 0 aliphatic rings. The maximum atomic E-state index is 9.57. The molecular formula is C8H15BrO. The molecule has 0 fully saturated rings. The van der Waals surface area contributed by atoms with E-state index in [1.807, 2.05) is 6.92 Å². The summed E-state index contributed by atoms with van der Waals surface area (Å²) in [5.74, 6) is 0.527. The molecule has 2 heteroatoms. The third-order valence-electron chi connectivity index (χ3n) is 1.24. The molecule has 0 saturated carbocycles. The molecule has 0 aliphatic heterocycles. The van der Waals surface area contributed by atoms with E-state index < -0.39 is 5.60 Å². The molecule has 0 amide bonds. The summed E-state index contributed by atoms with van der Waals surface area (Å²) >= 11 is 3.13. The van der Waals surface area contributed by atoms with E-state index in [0.29, 0.717) is 5.92 Å². The highest BCUT2D eigenvalue weighted by atomic mass is 79.9. The average molecular weight is 207 g/mol. The Hall–Kier alpha value is 0.180. The van der Waals surface area contributed by atoms with Gasteiger partial charge in [0.15, 0.2) is 0 Å². The lowest BCUT2D eigenvalue weighted by Gasteiger charge is -2.20. The van der Waals surface area contributed by atoms with E-state index >= 15 is 0 Å². The van der Waals surface area contributed by atoms with Gasteiger partial charge in [0, 0.05) is 0 Å². The summed E-state index contributed by atoms with van der Waals surface area (Å²) in [6, 6.07) is 0. The van der Waals surface area contributed by atoms with Crippen molar-refractivity contribution in [2.45, 2.75) is 32.8 Å². The Bertz CT molecular complexity index is 116. The van der Waals surface area contributed by atoms with Crippen molar-refractivity contribution in [2.75, 3.05) is 0 Å². The van der Waals surface area contributed by atoms with Gasteiger partial charge < -0.3 is 5.11 Å². The summed E-state index contributed by atoms with van der Waals surface area (Å²) in [7, 11) is 0. The van der Waals surface area contributed by atoms with Crippen LogP contribution in [0, 0.1) is 5.92 Å². The van der Waals surface area contributed by atoms with Crippen molar-refractivity contribution in [1.82, 2.24) is 0 Å². The van der Waals surface area contributed by atoms with E-state index in [-0.39, 0.29) is 0 Å². The molecular weight excluding hydrogens is 192 g/mol. The van der Waals surface area contributed by atoms with E-state index in [4.69, 9.17) is 0 Å². The molecule has 0 bridgehead atoms. The first kappa shape index (κ1) is 10.2. The van der Waals surface area contributed by atoms with Gasteiger partial charge in [-0.15, -0.1) is 0 Å². The molecule has 0 radical (unpaired) electrons. The third kappa shape index (κ3) is 5.00. The normalized spacial score (nSPS) is 18.2. The predicted molar refractivity (Wildman–Crippen MR) is 48.1 cm³/mol. The van der Waals surface area contributed by atoms with Crippen molar-refractivity contribution in [3.05, 3.63) is 11.1 Å². The Labute approximate surface area is 71.3 Å². The minimum absolute atomic E-state index is 0.527. The van der Waals surface area contributed by atoms with Crippen LogP contribution in [0.4, 0.5) is 0 Å². The molecule has 0 aromatic rings. The van der Waals surface area contributed by atoms with Crippen LogP contribution in [0.15, 0.2) is 11.1 Å². The number of hydrogen-bond donors (Lipinski definition) is 1. The van der Waals surface area contributed by atoms with Crippen molar-refractivity contribution in [2.24, 2.45) is 5.92 Å². The second-order valence-electron chi connectivity index (χ2n) is 3.25. The highest BCUT2D eigenvalue weighted by Gasteiger charge is 2.16. The van der Waals surface area contributed by atoms with Crippen LogP contribution >= 0.6 is 15.9 Å². The fourth-order valence-corrected chi connectivity index (χ4v) is 1.60. The van der Waals surface area contributed by atoms with Gasteiger partial charge in [0.1, 0.15) is 0 Å². The standard InChI is InChI=1S/C8H15BrO/c1-7(2)6-8(3,10)4-5-9/h4-5,7,10H,6H2,1-3H3/b5-4+. The Balaban J connectivity index is 3.86. The van der Waals surface area contributed by atoms with Crippen LogP contribution in [0.5, 0.6) is 0 Å². The van der Waals surface area contributed by atoms with Gasteiger partial charge in [0.2, 0.25) is 0 Å². The topological polar surface area (TPSA) is 20.2 Å². The van der Waals surface area contributed by atoms with Gasteiger partial charge in [0.25, 0.3) is 0 Å².